The Morgan fingerprint density at radius 1 is 0.784 bits per heavy atom. The number of benzene rings is 3. The van der Waals surface area contributed by atoms with E-state index >= 15 is 0 Å². The maximum Gasteiger partial charge on any atom is 0.261 e. The number of hydrogen-bond acceptors (Lipinski definition) is 2. The highest BCUT2D eigenvalue weighted by molar-refractivity contribution is 6.99. The fourth-order valence-electron chi connectivity index (χ4n) is 4.99. The fraction of sp³-hybridized carbons (Fsp3) is 0.382. The van der Waals surface area contributed by atoms with Crippen molar-refractivity contribution in [3.05, 3.63) is 102 Å². The highest BCUT2D eigenvalue weighted by Gasteiger charge is 2.50. The number of allylic oxidation sites excluding steroid dienone is 2. The molecule has 0 aromatic heterocycles. The Hall–Kier alpha value is -2.93. The summed E-state index contributed by atoms with van der Waals surface area (Å²) in [7, 11) is -2.64. The summed E-state index contributed by atoms with van der Waals surface area (Å²) in [4.78, 5) is 0. The minimum Gasteiger partial charge on any atom is -0.407 e. The Kier molecular flexibility index (Phi) is 8.37. The molecule has 0 bridgehead atoms. The van der Waals surface area contributed by atoms with E-state index in [4.69, 9.17) is 4.43 Å². The summed E-state index contributed by atoms with van der Waals surface area (Å²) in [5, 5.41) is 11.8. The van der Waals surface area contributed by atoms with Crippen LogP contribution in [0.4, 0.5) is 0 Å². The largest absolute Gasteiger partial charge is 0.407 e. The van der Waals surface area contributed by atoms with Gasteiger partial charge in [0.05, 0.1) is 6.07 Å². The van der Waals surface area contributed by atoms with Gasteiger partial charge in [0, 0.05) is 18.1 Å². The zero-order valence-electron chi connectivity index (χ0n) is 24.1. The summed E-state index contributed by atoms with van der Waals surface area (Å²) in [6.07, 6.45) is 1.64. The van der Waals surface area contributed by atoms with E-state index in [-0.39, 0.29) is 15.9 Å². The van der Waals surface area contributed by atoms with E-state index in [0.717, 1.165) is 11.1 Å². The smallest absolute Gasteiger partial charge is 0.261 e. The van der Waals surface area contributed by atoms with Crippen molar-refractivity contribution < 1.29 is 4.43 Å². The lowest BCUT2D eigenvalue weighted by Gasteiger charge is -2.45. The van der Waals surface area contributed by atoms with Crippen LogP contribution in [0.1, 0.15) is 79.0 Å². The van der Waals surface area contributed by atoms with Crippen LogP contribution in [0, 0.1) is 11.3 Å². The quantitative estimate of drug-likeness (QED) is 0.241. The Labute approximate surface area is 226 Å². The molecule has 194 valence electrons. The molecule has 0 aliphatic rings. The molecule has 0 spiro atoms. The Morgan fingerprint density at radius 3 is 1.70 bits per heavy atom. The first kappa shape index (κ1) is 28.6. The molecule has 0 aliphatic heterocycles. The first-order valence-electron chi connectivity index (χ1n) is 13.2. The summed E-state index contributed by atoms with van der Waals surface area (Å²) in [5.74, 6) is 0. The van der Waals surface area contributed by atoms with Crippen molar-refractivity contribution >= 4 is 24.3 Å². The lowest BCUT2D eigenvalue weighted by Crippen LogP contribution is -2.67. The average Bonchev–Trinajstić information content (AvgIpc) is 2.84. The zero-order valence-corrected chi connectivity index (χ0v) is 25.1. The summed E-state index contributed by atoms with van der Waals surface area (Å²) < 4.78 is 7.33. The van der Waals surface area contributed by atoms with E-state index in [0.29, 0.717) is 6.61 Å². The third kappa shape index (κ3) is 6.14. The number of nitriles is 1. The standard InChI is InChI=1S/C34H43NOSi/c1-26(20-21-35)27-22-28(32(2,3)4)24-29(23-27)34(8,9)25-36-37(33(5,6)7,30-16-12-10-13-17-30)31-18-14-11-15-19-31/h10-20,22-24H,25H2,1-9H3/b26-20-. The summed E-state index contributed by atoms with van der Waals surface area (Å²) >= 11 is 0. The predicted molar refractivity (Wildman–Crippen MR) is 161 cm³/mol. The van der Waals surface area contributed by atoms with Gasteiger partial charge in [-0.25, -0.2) is 0 Å². The lowest BCUT2D eigenvalue weighted by molar-refractivity contribution is 0.227. The van der Waals surface area contributed by atoms with Crippen LogP contribution in [-0.2, 0) is 15.3 Å². The van der Waals surface area contributed by atoms with Crippen LogP contribution < -0.4 is 10.4 Å². The molecule has 0 radical (unpaired) electrons. The molecule has 3 rings (SSSR count). The SMILES string of the molecule is C/C(=C/C#N)c1cc(C(C)(C)C)cc(C(C)(C)CO[Si](c2ccccc2)(c2ccccc2)C(C)(C)C)c1. The first-order valence-corrected chi connectivity index (χ1v) is 15.1. The van der Waals surface area contributed by atoms with Gasteiger partial charge in [0.2, 0.25) is 0 Å². The molecule has 3 heteroatoms. The van der Waals surface area contributed by atoms with Crippen LogP contribution in [0.25, 0.3) is 5.57 Å². The Morgan fingerprint density at radius 2 is 1.27 bits per heavy atom. The van der Waals surface area contributed by atoms with Gasteiger partial charge in [-0.05, 0) is 50.0 Å². The van der Waals surface area contributed by atoms with E-state index < -0.39 is 8.32 Å². The van der Waals surface area contributed by atoms with Crippen LogP contribution >= 0.6 is 0 Å². The molecular formula is C34H43NOSi. The van der Waals surface area contributed by atoms with Crippen molar-refractivity contribution in [1.82, 2.24) is 0 Å². The van der Waals surface area contributed by atoms with Crippen LogP contribution in [0.15, 0.2) is 84.9 Å². The predicted octanol–water partition coefficient (Wildman–Crippen LogP) is 7.77. The number of nitrogens with zero attached hydrogens (tertiary/aromatic N) is 1. The third-order valence-corrected chi connectivity index (χ3v) is 12.4. The maximum absolute atomic E-state index is 9.28. The van der Waals surface area contributed by atoms with Crippen molar-refractivity contribution in [1.29, 1.82) is 5.26 Å². The van der Waals surface area contributed by atoms with E-state index in [1.54, 1.807) is 6.08 Å². The Bertz CT molecular complexity index is 1230. The molecule has 0 amide bonds. The molecule has 0 unspecified atom stereocenters. The number of hydrogen-bond donors (Lipinski definition) is 0. The highest BCUT2D eigenvalue weighted by atomic mass is 28.4. The molecule has 0 saturated carbocycles. The normalized spacial score (nSPS) is 13.4. The fourth-order valence-corrected chi connectivity index (χ4v) is 9.73. The van der Waals surface area contributed by atoms with Crippen molar-refractivity contribution in [2.24, 2.45) is 0 Å². The van der Waals surface area contributed by atoms with Crippen LogP contribution in [0.2, 0.25) is 5.04 Å². The third-order valence-electron chi connectivity index (χ3n) is 7.38. The van der Waals surface area contributed by atoms with E-state index in [1.165, 1.54) is 21.5 Å². The maximum atomic E-state index is 9.28. The molecule has 0 saturated heterocycles. The van der Waals surface area contributed by atoms with E-state index in [1.807, 2.05) is 6.92 Å². The monoisotopic (exact) mass is 509 g/mol. The second-order valence-corrected chi connectivity index (χ2v) is 17.1. The summed E-state index contributed by atoms with van der Waals surface area (Å²) in [5.41, 5.74) is 4.34. The molecule has 0 N–H and O–H groups in total. The second-order valence-electron chi connectivity index (χ2n) is 12.8. The zero-order chi connectivity index (χ0) is 27.5. The lowest BCUT2D eigenvalue weighted by atomic mass is 9.78. The van der Waals surface area contributed by atoms with Gasteiger partial charge in [-0.1, -0.05) is 134 Å². The molecule has 0 aliphatic carbocycles. The second kappa shape index (κ2) is 10.8. The van der Waals surface area contributed by atoms with Crippen LogP contribution in [-0.4, -0.2) is 14.9 Å². The first-order chi connectivity index (χ1) is 17.2. The van der Waals surface area contributed by atoms with Crippen molar-refractivity contribution in [2.75, 3.05) is 6.61 Å². The minimum absolute atomic E-state index is 0.00733. The van der Waals surface area contributed by atoms with Crippen LogP contribution in [0.5, 0.6) is 0 Å². The molecule has 0 atom stereocenters. The van der Waals surface area contributed by atoms with Crippen molar-refractivity contribution in [2.45, 2.75) is 78.2 Å². The van der Waals surface area contributed by atoms with Gasteiger partial charge in [0.15, 0.2) is 0 Å². The molecule has 0 heterocycles. The number of rotatable bonds is 7. The highest BCUT2D eigenvalue weighted by Crippen LogP contribution is 2.39. The molecule has 3 aromatic carbocycles. The summed E-state index contributed by atoms with van der Waals surface area (Å²) in [6, 6.07) is 30.6. The van der Waals surface area contributed by atoms with Crippen LogP contribution in [0.3, 0.4) is 0 Å². The van der Waals surface area contributed by atoms with Gasteiger partial charge in [-0.2, -0.15) is 5.26 Å². The van der Waals surface area contributed by atoms with Gasteiger partial charge in [0.25, 0.3) is 8.32 Å². The van der Waals surface area contributed by atoms with Gasteiger partial charge in [0.1, 0.15) is 0 Å². The molecule has 3 aromatic rings. The average molecular weight is 510 g/mol. The van der Waals surface area contributed by atoms with Crippen molar-refractivity contribution in [3.8, 4) is 6.07 Å². The van der Waals surface area contributed by atoms with Gasteiger partial charge >= 0.3 is 0 Å². The molecule has 37 heavy (non-hydrogen) atoms. The van der Waals surface area contributed by atoms with E-state index in [9.17, 15) is 5.26 Å². The Balaban J connectivity index is 2.15. The molecule has 2 nitrogen and oxygen atoms in total. The van der Waals surface area contributed by atoms with Gasteiger partial charge in [-0.15, -0.1) is 0 Å². The molecular weight excluding hydrogens is 466 g/mol. The summed E-state index contributed by atoms with van der Waals surface area (Å²) in [6.45, 7) is 20.8. The van der Waals surface area contributed by atoms with E-state index in [2.05, 4.69) is 140 Å². The van der Waals surface area contributed by atoms with Crippen molar-refractivity contribution in [3.63, 3.8) is 0 Å². The minimum atomic E-state index is -2.64. The van der Waals surface area contributed by atoms with Gasteiger partial charge < -0.3 is 4.43 Å². The van der Waals surface area contributed by atoms with Gasteiger partial charge in [-0.3, -0.25) is 0 Å². The topological polar surface area (TPSA) is 33.0 Å². The molecule has 0 fully saturated rings.